The summed E-state index contributed by atoms with van der Waals surface area (Å²) in [6, 6.07) is 9.13. The number of benzene rings is 2. The van der Waals surface area contributed by atoms with Gasteiger partial charge >= 0.3 is 0 Å². The molecule has 1 aliphatic heterocycles. The van der Waals surface area contributed by atoms with E-state index in [0.29, 0.717) is 17.1 Å². The van der Waals surface area contributed by atoms with E-state index in [1.165, 1.54) is 18.2 Å². The van der Waals surface area contributed by atoms with Crippen molar-refractivity contribution in [2.24, 2.45) is 0 Å². The molecule has 2 N–H and O–H groups in total. The number of aryl methyl sites for hydroxylation is 1. The molecule has 2 aromatic rings. The van der Waals surface area contributed by atoms with Gasteiger partial charge in [-0.15, -0.1) is 0 Å². The van der Waals surface area contributed by atoms with Gasteiger partial charge in [-0.3, -0.25) is 9.59 Å². The lowest BCUT2D eigenvalue weighted by Crippen LogP contribution is -2.33. The summed E-state index contributed by atoms with van der Waals surface area (Å²) in [6.07, 6.45) is 0. The van der Waals surface area contributed by atoms with Gasteiger partial charge in [0.25, 0.3) is 5.91 Å². The Hall–Kier alpha value is -3.09. The normalized spacial score (nSPS) is 11.9. The number of fused-ring (bicyclic) bond motifs is 1. The lowest BCUT2D eigenvalue weighted by atomic mass is 10.2. The number of hydrogen-bond donors (Lipinski definition) is 2. The van der Waals surface area contributed by atoms with Gasteiger partial charge in [-0.2, -0.15) is 0 Å². The Morgan fingerprint density at radius 3 is 2.75 bits per heavy atom. The molecule has 1 aliphatic rings. The fourth-order valence-corrected chi connectivity index (χ4v) is 2.23. The summed E-state index contributed by atoms with van der Waals surface area (Å²) < 4.78 is 24.0. The van der Waals surface area contributed by atoms with Crippen molar-refractivity contribution in [3.63, 3.8) is 0 Å². The maximum absolute atomic E-state index is 13.6. The molecular formula is C17H15FN2O4. The summed E-state index contributed by atoms with van der Waals surface area (Å²) in [7, 11) is 0. The second-order valence-electron chi connectivity index (χ2n) is 5.28. The number of hydrogen-bond acceptors (Lipinski definition) is 4. The van der Waals surface area contributed by atoms with Crippen molar-refractivity contribution in [1.29, 1.82) is 0 Å². The van der Waals surface area contributed by atoms with Crippen LogP contribution in [0.4, 0.5) is 10.1 Å². The SMILES string of the molecule is Cc1ccc(F)c(NC(=O)CNC(=O)c2ccc3c(c2)OCO3)c1. The zero-order valence-electron chi connectivity index (χ0n) is 12.9. The van der Waals surface area contributed by atoms with Crippen LogP contribution in [0, 0.1) is 12.7 Å². The topological polar surface area (TPSA) is 76.7 Å². The average Bonchev–Trinajstić information content (AvgIpc) is 3.03. The first-order valence-electron chi connectivity index (χ1n) is 7.27. The monoisotopic (exact) mass is 330 g/mol. The predicted molar refractivity (Wildman–Crippen MR) is 84.7 cm³/mol. The van der Waals surface area contributed by atoms with Crippen molar-refractivity contribution in [3.8, 4) is 11.5 Å². The smallest absolute Gasteiger partial charge is 0.251 e. The number of ether oxygens (including phenoxy) is 2. The van der Waals surface area contributed by atoms with Gasteiger partial charge in [0.15, 0.2) is 11.5 Å². The molecule has 0 saturated heterocycles. The lowest BCUT2D eigenvalue weighted by molar-refractivity contribution is -0.115. The van der Waals surface area contributed by atoms with Crippen molar-refractivity contribution in [3.05, 3.63) is 53.3 Å². The van der Waals surface area contributed by atoms with E-state index in [4.69, 9.17) is 9.47 Å². The van der Waals surface area contributed by atoms with E-state index in [1.54, 1.807) is 25.1 Å². The Labute approximate surface area is 137 Å². The molecular weight excluding hydrogens is 315 g/mol. The molecule has 0 unspecified atom stereocenters. The van der Waals surface area contributed by atoms with Crippen LogP contribution in [0.3, 0.4) is 0 Å². The fourth-order valence-electron chi connectivity index (χ4n) is 2.23. The summed E-state index contributed by atoms with van der Waals surface area (Å²) in [5.74, 6) is -0.439. The highest BCUT2D eigenvalue weighted by Crippen LogP contribution is 2.32. The summed E-state index contributed by atoms with van der Waals surface area (Å²) >= 11 is 0. The van der Waals surface area contributed by atoms with Crippen LogP contribution in [-0.2, 0) is 4.79 Å². The second kappa shape index (κ2) is 6.57. The molecule has 0 spiro atoms. The van der Waals surface area contributed by atoms with Crippen molar-refractivity contribution >= 4 is 17.5 Å². The maximum atomic E-state index is 13.6. The van der Waals surface area contributed by atoms with Crippen LogP contribution in [-0.4, -0.2) is 25.2 Å². The average molecular weight is 330 g/mol. The van der Waals surface area contributed by atoms with E-state index < -0.39 is 17.6 Å². The third-order valence-corrected chi connectivity index (χ3v) is 3.44. The van der Waals surface area contributed by atoms with Crippen LogP contribution in [0.2, 0.25) is 0 Å². The van der Waals surface area contributed by atoms with Gasteiger partial charge in [-0.05, 0) is 42.8 Å². The van der Waals surface area contributed by atoms with Crippen molar-refractivity contribution in [2.75, 3.05) is 18.7 Å². The first-order valence-corrected chi connectivity index (χ1v) is 7.27. The number of carbonyl (C=O) groups excluding carboxylic acids is 2. The van der Waals surface area contributed by atoms with Gasteiger partial charge in [0, 0.05) is 5.56 Å². The summed E-state index contributed by atoms with van der Waals surface area (Å²) in [4.78, 5) is 23.9. The minimum absolute atomic E-state index is 0.0809. The number of amides is 2. The molecule has 0 saturated carbocycles. The zero-order chi connectivity index (χ0) is 17.1. The third-order valence-electron chi connectivity index (χ3n) is 3.44. The van der Waals surface area contributed by atoms with Crippen LogP contribution in [0.5, 0.6) is 11.5 Å². The third kappa shape index (κ3) is 3.45. The molecule has 6 nitrogen and oxygen atoms in total. The molecule has 3 rings (SSSR count). The molecule has 0 fully saturated rings. The molecule has 7 heteroatoms. The van der Waals surface area contributed by atoms with Gasteiger partial charge in [0.1, 0.15) is 5.82 Å². The molecule has 2 amide bonds. The highest BCUT2D eigenvalue weighted by atomic mass is 19.1. The second-order valence-corrected chi connectivity index (χ2v) is 5.28. The Balaban J connectivity index is 1.58. The fraction of sp³-hybridized carbons (Fsp3) is 0.176. The van der Waals surface area contributed by atoms with Gasteiger partial charge in [0.05, 0.1) is 12.2 Å². The first kappa shape index (κ1) is 15.8. The summed E-state index contributed by atoms with van der Waals surface area (Å²) in [5, 5.41) is 4.90. The van der Waals surface area contributed by atoms with E-state index in [1.807, 2.05) is 0 Å². The molecule has 0 aromatic heterocycles. The van der Waals surface area contributed by atoms with E-state index >= 15 is 0 Å². The molecule has 24 heavy (non-hydrogen) atoms. The molecule has 1 heterocycles. The number of halogens is 1. The van der Waals surface area contributed by atoms with Crippen molar-refractivity contribution in [1.82, 2.24) is 5.32 Å². The van der Waals surface area contributed by atoms with Crippen molar-refractivity contribution in [2.45, 2.75) is 6.92 Å². The van der Waals surface area contributed by atoms with E-state index in [0.717, 1.165) is 5.56 Å². The highest BCUT2D eigenvalue weighted by molar-refractivity contribution is 5.99. The van der Waals surface area contributed by atoms with Gasteiger partial charge < -0.3 is 20.1 Å². The Morgan fingerprint density at radius 1 is 1.12 bits per heavy atom. The van der Waals surface area contributed by atoms with Crippen LogP contribution in [0.25, 0.3) is 0 Å². The first-order chi connectivity index (χ1) is 11.5. The minimum Gasteiger partial charge on any atom is -0.454 e. The maximum Gasteiger partial charge on any atom is 0.251 e. The zero-order valence-corrected chi connectivity index (χ0v) is 12.9. The Kier molecular flexibility index (Phi) is 4.33. The van der Waals surface area contributed by atoms with Crippen LogP contribution in [0.15, 0.2) is 36.4 Å². The molecule has 0 radical (unpaired) electrons. The summed E-state index contributed by atoms with van der Waals surface area (Å²) in [5.41, 5.74) is 1.24. The molecule has 2 aromatic carbocycles. The van der Waals surface area contributed by atoms with E-state index in [2.05, 4.69) is 10.6 Å². The van der Waals surface area contributed by atoms with Gasteiger partial charge in [-0.1, -0.05) is 6.07 Å². The van der Waals surface area contributed by atoms with E-state index in [-0.39, 0.29) is 19.0 Å². The minimum atomic E-state index is -0.531. The van der Waals surface area contributed by atoms with E-state index in [9.17, 15) is 14.0 Å². The molecule has 0 bridgehead atoms. The number of anilines is 1. The van der Waals surface area contributed by atoms with Crippen LogP contribution < -0.4 is 20.1 Å². The van der Waals surface area contributed by atoms with Gasteiger partial charge in [0.2, 0.25) is 12.7 Å². The molecule has 0 aliphatic carbocycles. The predicted octanol–water partition coefficient (Wildman–Crippen LogP) is 2.23. The molecule has 0 atom stereocenters. The molecule has 124 valence electrons. The largest absolute Gasteiger partial charge is 0.454 e. The number of nitrogens with one attached hydrogen (secondary N) is 2. The Bertz CT molecular complexity index is 807. The van der Waals surface area contributed by atoms with Crippen LogP contribution >= 0.6 is 0 Å². The van der Waals surface area contributed by atoms with Crippen LogP contribution in [0.1, 0.15) is 15.9 Å². The quantitative estimate of drug-likeness (QED) is 0.901. The lowest BCUT2D eigenvalue weighted by Gasteiger charge is -2.09. The Morgan fingerprint density at radius 2 is 1.92 bits per heavy atom. The number of rotatable bonds is 4. The standard InChI is InChI=1S/C17H15FN2O4/c1-10-2-4-12(18)13(6-10)20-16(21)8-19-17(22)11-3-5-14-15(7-11)24-9-23-14/h2-7H,8-9H2,1H3,(H,19,22)(H,20,21). The number of carbonyl (C=O) groups is 2. The summed E-state index contributed by atoms with van der Waals surface area (Å²) in [6.45, 7) is 1.63. The highest BCUT2D eigenvalue weighted by Gasteiger charge is 2.16. The van der Waals surface area contributed by atoms with Gasteiger partial charge in [-0.25, -0.2) is 4.39 Å². The van der Waals surface area contributed by atoms with Crippen molar-refractivity contribution < 1.29 is 23.5 Å².